The minimum absolute atomic E-state index is 0.292. The van der Waals surface area contributed by atoms with Crippen molar-refractivity contribution in [2.75, 3.05) is 6.54 Å². The summed E-state index contributed by atoms with van der Waals surface area (Å²) in [5.74, 6) is 0.922. The molecule has 0 radical (unpaired) electrons. The highest BCUT2D eigenvalue weighted by atomic mass is 16.5. The molecule has 0 bridgehead atoms. The summed E-state index contributed by atoms with van der Waals surface area (Å²) in [5, 5.41) is 3.30. The van der Waals surface area contributed by atoms with Crippen LogP contribution >= 0.6 is 0 Å². The Morgan fingerprint density at radius 1 is 1.24 bits per heavy atom. The number of aromatic nitrogens is 1. The Kier molecular flexibility index (Phi) is 5.98. The van der Waals surface area contributed by atoms with E-state index < -0.39 is 0 Å². The second-order valence-corrected chi connectivity index (χ2v) is 4.23. The fourth-order valence-electron chi connectivity index (χ4n) is 1.71. The Balaban J connectivity index is 2.81. The van der Waals surface area contributed by atoms with Gasteiger partial charge in [0.1, 0.15) is 5.75 Å². The third kappa shape index (κ3) is 4.35. The monoisotopic (exact) mass is 236 g/mol. The van der Waals surface area contributed by atoms with Crippen LogP contribution in [0.3, 0.4) is 0 Å². The molecule has 0 aliphatic carbocycles. The molecule has 0 saturated carbocycles. The lowest BCUT2D eigenvalue weighted by Crippen LogP contribution is -2.18. The normalized spacial score (nSPS) is 10.9. The molecule has 0 aromatic carbocycles. The molecule has 0 aliphatic heterocycles. The summed E-state index contributed by atoms with van der Waals surface area (Å²) in [6, 6.07) is 4.04. The van der Waals surface area contributed by atoms with Crippen molar-refractivity contribution in [3.05, 3.63) is 23.5 Å². The summed E-state index contributed by atoms with van der Waals surface area (Å²) in [7, 11) is 0. The molecule has 0 unspecified atom stereocenters. The van der Waals surface area contributed by atoms with Crippen LogP contribution in [0.1, 0.15) is 45.0 Å². The van der Waals surface area contributed by atoms with Crippen molar-refractivity contribution < 1.29 is 4.74 Å². The molecular weight excluding hydrogens is 212 g/mol. The van der Waals surface area contributed by atoms with E-state index in [0.717, 1.165) is 43.1 Å². The van der Waals surface area contributed by atoms with Crippen molar-refractivity contribution in [3.8, 4) is 5.75 Å². The van der Waals surface area contributed by atoms with Gasteiger partial charge in [-0.15, -0.1) is 0 Å². The first-order chi connectivity index (χ1) is 8.21. The van der Waals surface area contributed by atoms with Crippen LogP contribution < -0.4 is 10.1 Å². The third-order valence-corrected chi connectivity index (χ3v) is 2.82. The van der Waals surface area contributed by atoms with Crippen molar-refractivity contribution in [3.63, 3.8) is 0 Å². The fraction of sp³-hybridized carbons (Fsp3) is 0.643. The number of hydrogen-bond acceptors (Lipinski definition) is 3. The average molecular weight is 236 g/mol. The summed E-state index contributed by atoms with van der Waals surface area (Å²) < 4.78 is 5.99. The van der Waals surface area contributed by atoms with Gasteiger partial charge in [0, 0.05) is 12.2 Å². The smallest absolute Gasteiger partial charge is 0.142 e. The first kappa shape index (κ1) is 14.0. The second-order valence-electron chi connectivity index (χ2n) is 4.23. The van der Waals surface area contributed by atoms with Gasteiger partial charge in [0.2, 0.25) is 0 Å². The number of pyridine rings is 1. The first-order valence-electron chi connectivity index (χ1n) is 6.55. The number of nitrogens with zero attached hydrogens (tertiary/aromatic N) is 1. The summed E-state index contributed by atoms with van der Waals surface area (Å²) in [4.78, 5) is 4.54. The topological polar surface area (TPSA) is 34.2 Å². The lowest BCUT2D eigenvalue weighted by molar-refractivity contribution is 0.189. The first-order valence-corrected chi connectivity index (χ1v) is 6.55. The average Bonchev–Trinajstić information content (AvgIpc) is 2.35. The molecule has 96 valence electrons. The minimum Gasteiger partial charge on any atom is -0.488 e. The zero-order valence-corrected chi connectivity index (χ0v) is 11.4. The zero-order chi connectivity index (χ0) is 12.7. The summed E-state index contributed by atoms with van der Waals surface area (Å²) in [5.41, 5.74) is 2.05. The summed E-state index contributed by atoms with van der Waals surface area (Å²) in [6.07, 6.45) is 2.36. The van der Waals surface area contributed by atoms with Gasteiger partial charge < -0.3 is 10.1 Å². The molecule has 0 saturated heterocycles. The largest absolute Gasteiger partial charge is 0.488 e. The zero-order valence-electron chi connectivity index (χ0n) is 11.4. The lowest BCUT2D eigenvalue weighted by atomic mass is 10.2. The van der Waals surface area contributed by atoms with E-state index in [9.17, 15) is 0 Å². The quantitative estimate of drug-likeness (QED) is 0.790. The van der Waals surface area contributed by atoms with Gasteiger partial charge in [-0.1, -0.05) is 20.8 Å². The van der Waals surface area contributed by atoms with Gasteiger partial charge in [0.25, 0.3) is 0 Å². The molecule has 0 aliphatic rings. The van der Waals surface area contributed by atoms with E-state index in [1.54, 1.807) is 0 Å². The SMILES string of the molecule is CCNCc1nc(C)ccc1OC(CC)CC. The maximum Gasteiger partial charge on any atom is 0.142 e. The molecule has 1 N–H and O–H groups in total. The molecule has 1 rings (SSSR count). The van der Waals surface area contributed by atoms with Crippen molar-refractivity contribution >= 4 is 0 Å². The fourth-order valence-corrected chi connectivity index (χ4v) is 1.71. The van der Waals surface area contributed by atoms with Crippen molar-refractivity contribution in [2.24, 2.45) is 0 Å². The van der Waals surface area contributed by atoms with Crippen molar-refractivity contribution in [2.45, 2.75) is 53.2 Å². The maximum absolute atomic E-state index is 5.99. The predicted molar refractivity (Wildman–Crippen MR) is 71.4 cm³/mol. The van der Waals surface area contributed by atoms with Crippen molar-refractivity contribution in [1.29, 1.82) is 0 Å². The van der Waals surface area contributed by atoms with Crippen LogP contribution in [0, 0.1) is 6.92 Å². The van der Waals surface area contributed by atoms with E-state index in [4.69, 9.17) is 4.74 Å². The van der Waals surface area contributed by atoms with Crippen molar-refractivity contribution in [1.82, 2.24) is 10.3 Å². The summed E-state index contributed by atoms with van der Waals surface area (Å²) >= 11 is 0. The standard InChI is InChI=1S/C14H24N2O/c1-5-12(6-2)17-14-9-8-11(4)16-13(14)10-15-7-3/h8-9,12,15H,5-7,10H2,1-4H3. The van der Waals surface area contributed by atoms with E-state index in [1.807, 2.05) is 19.1 Å². The second kappa shape index (κ2) is 7.28. The molecule has 0 spiro atoms. The Labute approximate surface area is 105 Å². The van der Waals surface area contributed by atoms with Gasteiger partial charge >= 0.3 is 0 Å². The van der Waals surface area contributed by atoms with Crippen LogP contribution in [0.15, 0.2) is 12.1 Å². The molecule has 1 aromatic rings. The van der Waals surface area contributed by atoms with Gasteiger partial charge in [-0.3, -0.25) is 4.98 Å². The van der Waals surface area contributed by atoms with Crippen LogP contribution in [0.5, 0.6) is 5.75 Å². The van der Waals surface area contributed by atoms with Gasteiger partial charge in [0.05, 0.1) is 11.8 Å². The number of ether oxygens (including phenoxy) is 1. The van der Waals surface area contributed by atoms with Crippen LogP contribution in [0.4, 0.5) is 0 Å². The number of aryl methyl sites for hydroxylation is 1. The van der Waals surface area contributed by atoms with Crippen LogP contribution in [-0.2, 0) is 6.54 Å². The molecule has 0 atom stereocenters. The summed E-state index contributed by atoms with van der Waals surface area (Å²) in [6.45, 7) is 10.1. The molecular formula is C14H24N2O. The number of rotatable bonds is 7. The van der Waals surface area contributed by atoms with E-state index in [0.29, 0.717) is 6.10 Å². The third-order valence-electron chi connectivity index (χ3n) is 2.82. The van der Waals surface area contributed by atoms with Gasteiger partial charge in [-0.05, 0) is 38.4 Å². The molecule has 3 nitrogen and oxygen atoms in total. The lowest BCUT2D eigenvalue weighted by Gasteiger charge is -2.18. The predicted octanol–water partition coefficient (Wildman–Crippen LogP) is 3.07. The Hall–Kier alpha value is -1.09. The molecule has 1 aromatic heterocycles. The number of nitrogens with one attached hydrogen (secondary N) is 1. The minimum atomic E-state index is 0.292. The Morgan fingerprint density at radius 2 is 1.94 bits per heavy atom. The molecule has 1 heterocycles. The van der Waals surface area contributed by atoms with Crippen LogP contribution in [0.2, 0.25) is 0 Å². The Bertz CT molecular complexity index is 335. The van der Waals surface area contributed by atoms with Gasteiger partial charge in [-0.2, -0.15) is 0 Å². The van der Waals surface area contributed by atoms with E-state index in [2.05, 4.69) is 31.1 Å². The molecule has 0 fully saturated rings. The molecule has 3 heteroatoms. The highest BCUT2D eigenvalue weighted by Crippen LogP contribution is 2.20. The molecule has 17 heavy (non-hydrogen) atoms. The van der Waals surface area contributed by atoms with Crippen LogP contribution in [-0.4, -0.2) is 17.6 Å². The number of hydrogen-bond donors (Lipinski definition) is 1. The van der Waals surface area contributed by atoms with Gasteiger partial charge in [-0.25, -0.2) is 0 Å². The van der Waals surface area contributed by atoms with E-state index in [-0.39, 0.29) is 0 Å². The highest BCUT2D eigenvalue weighted by molar-refractivity contribution is 5.29. The molecule has 0 amide bonds. The van der Waals surface area contributed by atoms with Crippen LogP contribution in [0.25, 0.3) is 0 Å². The highest BCUT2D eigenvalue weighted by Gasteiger charge is 2.10. The maximum atomic E-state index is 5.99. The van der Waals surface area contributed by atoms with E-state index >= 15 is 0 Å². The Morgan fingerprint density at radius 3 is 2.53 bits per heavy atom. The van der Waals surface area contributed by atoms with Gasteiger partial charge in [0.15, 0.2) is 0 Å². The van der Waals surface area contributed by atoms with E-state index in [1.165, 1.54) is 0 Å².